The van der Waals surface area contributed by atoms with Crippen LogP contribution in [-0.4, -0.2) is 42.1 Å². The lowest BCUT2D eigenvalue weighted by molar-refractivity contribution is -0.0425. The summed E-state index contributed by atoms with van der Waals surface area (Å²) >= 11 is 0. The van der Waals surface area contributed by atoms with Crippen LogP contribution in [0.1, 0.15) is 85.0 Å². The van der Waals surface area contributed by atoms with E-state index in [1.165, 1.54) is 37.7 Å². The average Bonchev–Trinajstić information content (AvgIpc) is 3.44. The van der Waals surface area contributed by atoms with E-state index in [4.69, 9.17) is 4.84 Å². The van der Waals surface area contributed by atoms with Crippen LogP contribution >= 0.6 is 0 Å². The first-order valence-corrected chi connectivity index (χ1v) is 13.4. The lowest BCUT2D eigenvalue weighted by Gasteiger charge is -2.58. The molecule has 3 saturated carbocycles. The predicted molar refractivity (Wildman–Crippen MR) is 130 cm³/mol. The molecule has 0 aromatic heterocycles. The van der Waals surface area contributed by atoms with Crippen LogP contribution in [0, 0.1) is 34.5 Å². The highest BCUT2D eigenvalue weighted by Gasteiger charge is 2.59. The lowest BCUT2D eigenvalue weighted by Crippen LogP contribution is -2.50. The van der Waals surface area contributed by atoms with E-state index in [0.29, 0.717) is 24.4 Å². The minimum absolute atomic E-state index is 0.143. The van der Waals surface area contributed by atoms with Crippen molar-refractivity contribution in [3.63, 3.8) is 0 Å². The van der Waals surface area contributed by atoms with Crippen molar-refractivity contribution in [2.45, 2.75) is 97.1 Å². The molecule has 0 aromatic rings. The van der Waals surface area contributed by atoms with Crippen molar-refractivity contribution in [3.8, 4) is 0 Å². The molecule has 5 rings (SSSR count). The van der Waals surface area contributed by atoms with Gasteiger partial charge in [0, 0.05) is 18.5 Å². The minimum Gasteiger partial charge on any atom is -0.393 e. The molecule has 1 aliphatic heterocycles. The number of carbonyl (C=O) groups excluding carboxylic acids is 1. The van der Waals surface area contributed by atoms with E-state index >= 15 is 0 Å². The number of aliphatic hydroxyl groups excluding tert-OH is 1. The summed E-state index contributed by atoms with van der Waals surface area (Å²) in [7, 11) is 0. The van der Waals surface area contributed by atoms with Gasteiger partial charge >= 0.3 is 6.09 Å². The van der Waals surface area contributed by atoms with Crippen LogP contribution in [0.3, 0.4) is 0 Å². The zero-order valence-corrected chi connectivity index (χ0v) is 20.7. The van der Waals surface area contributed by atoms with Gasteiger partial charge in [0.05, 0.1) is 11.8 Å². The summed E-state index contributed by atoms with van der Waals surface area (Å²) in [5, 5.41) is 20.8. The second-order valence-corrected chi connectivity index (χ2v) is 12.1. The van der Waals surface area contributed by atoms with E-state index in [1.807, 2.05) is 0 Å². The van der Waals surface area contributed by atoms with Crippen LogP contribution in [-0.2, 0) is 4.84 Å². The van der Waals surface area contributed by atoms with E-state index in [0.717, 1.165) is 56.2 Å². The maximum Gasteiger partial charge on any atom is 0.433 e. The predicted octanol–water partition coefficient (Wildman–Crippen LogP) is 4.78. The van der Waals surface area contributed by atoms with Gasteiger partial charge in [-0.25, -0.2) is 4.79 Å². The molecule has 184 valence electrons. The number of fused-ring (bicyclic) bond motifs is 5. The normalized spacial score (nSPS) is 45.0. The number of rotatable bonds is 4. The van der Waals surface area contributed by atoms with Crippen molar-refractivity contribution in [1.29, 1.82) is 0 Å². The van der Waals surface area contributed by atoms with Gasteiger partial charge in [-0.05, 0) is 106 Å². The molecule has 6 heteroatoms. The molecule has 1 saturated heterocycles. The summed E-state index contributed by atoms with van der Waals surface area (Å²) in [5.41, 5.74) is 3.02. The maximum absolute atomic E-state index is 12.2. The van der Waals surface area contributed by atoms with Crippen molar-refractivity contribution in [2.24, 2.45) is 39.7 Å². The highest BCUT2D eigenvalue weighted by atomic mass is 16.7. The van der Waals surface area contributed by atoms with Crippen LogP contribution in [0.2, 0.25) is 0 Å². The summed E-state index contributed by atoms with van der Waals surface area (Å²) in [6.45, 7) is 8.64. The van der Waals surface area contributed by atoms with Gasteiger partial charge in [0.15, 0.2) is 0 Å². The van der Waals surface area contributed by atoms with E-state index < -0.39 is 6.09 Å². The van der Waals surface area contributed by atoms with E-state index in [2.05, 4.69) is 42.6 Å². The number of hydrogen-bond donors (Lipinski definition) is 3. The SMILES string of the molecule is C/C(=N\OC(=O)NCC1CCCN1)[C@H]1CC[C@H]2[C@@H]3CC=C4C[C@@H](O)CC[C@]4(C)[C@H]3CC[C@]12C. The largest absolute Gasteiger partial charge is 0.433 e. The maximum atomic E-state index is 12.2. The molecule has 1 unspecified atom stereocenters. The van der Waals surface area contributed by atoms with Gasteiger partial charge in [-0.15, -0.1) is 0 Å². The third kappa shape index (κ3) is 4.16. The first-order chi connectivity index (χ1) is 15.8. The van der Waals surface area contributed by atoms with Crippen molar-refractivity contribution in [2.75, 3.05) is 13.1 Å². The number of aliphatic hydroxyl groups is 1. The Hall–Kier alpha value is -1.40. The molecule has 0 aromatic carbocycles. The topological polar surface area (TPSA) is 83.0 Å². The third-order valence-corrected chi connectivity index (χ3v) is 10.5. The van der Waals surface area contributed by atoms with E-state index in [-0.39, 0.29) is 16.9 Å². The van der Waals surface area contributed by atoms with Crippen LogP contribution in [0.4, 0.5) is 4.79 Å². The fourth-order valence-corrected chi connectivity index (χ4v) is 8.67. The molecule has 33 heavy (non-hydrogen) atoms. The summed E-state index contributed by atoms with van der Waals surface area (Å²) < 4.78 is 0. The lowest BCUT2D eigenvalue weighted by atomic mass is 9.47. The molecule has 0 radical (unpaired) electrons. The highest BCUT2D eigenvalue weighted by Crippen LogP contribution is 2.66. The Labute approximate surface area is 199 Å². The van der Waals surface area contributed by atoms with Gasteiger partial charge in [0.2, 0.25) is 0 Å². The second kappa shape index (κ2) is 8.99. The number of amides is 1. The molecule has 5 aliphatic rings. The molecule has 3 N–H and O–H groups in total. The van der Waals surface area contributed by atoms with Crippen LogP contribution in [0.25, 0.3) is 0 Å². The zero-order valence-electron chi connectivity index (χ0n) is 20.7. The molecule has 0 bridgehead atoms. The van der Waals surface area contributed by atoms with Crippen molar-refractivity contribution in [1.82, 2.24) is 10.6 Å². The van der Waals surface area contributed by atoms with Gasteiger partial charge in [-0.1, -0.05) is 30.7 Å². The fraction of sp³-hybridized carbons (Fsp3) is 0.852. The summed E-state index contributed by atoms with van der Waals surface area (Å²) in [4.78, 5) is 17.5. The third-order valence-electron chi connectivity index (χ3n) is 10.5. The first-order valence-electron chi connectivity index (χ1n) is 13.4. The number of oxime groups is 1. The standard InChI is InChI=1S/C27H43N3O3/c1-17(30-33-25(32)29-16-19-5-4-14-28-19)22-8-9-23-21-7-6-18-15-20(31)10-12-26(18,2)24(21)11-13-27(22,23)3/h6,19-24,28,31H,4-5,7-16H2,1-3H3,(H,29,32)/b30-17+/t19?,20-,21-,22+,23-,24-,26-,27+/m0/s1. The minimum atomic E-state index is -0.441. The molecule has 6 nitrogen and oxygen atoms in total. The number of carbonyl (C=O) groups is 1. The van der Waals surface area contributed by atoms with Crippen molar-refractivity contribution < 1.29 is 14.7 Å². The molecule has 1 amide bonds. The number of nitrogens with zero attached hydrogens (tertiary/aromatic N) is 1. The first kappa shape index (κ1) is 23.3. The quantitative estimate of drug-likeness (QED) is 0.246. The van der Waals surface area contributed by atoms with Crippen LogP contribution < -0.4 is 10.6 Å². The van der Waals surface area contributed by atoms with Crippen LogP contribution in [0.5, 0.6) is 0 Å². The molecular formula is C27H43N3O3. The number of nitrogens with one attached hydrogen (secondary N) is 2. The summed E-state index contributed by atoms with van der Waals surface area (Å²) in [6.07, 6.45) is 13.2. The smallest absolute Gasteiger partial charge is 0.393 e. The Kier molecular flexibility index (Phi) is 6.36. The van der Waals surface area contributed by atoms with Gasteiger partial charge in [-0.2, -0.15) is 0 Å². The molecule has 4 aliphatic carbocycles. The van der Waals surface area contributed by atoms with Crippen molar-refractivity contribution in [3.05, 3.63) is 11.6 Å². The number of hydrogen-bond acceptors (Lipinski definition) is 5. The molecule has 0 spiro atoms. The highest BCUT2D eigenvalue weighted by molar-refractivity contribution is 5.85. The Balaban J connectivity index is 1.24. The Morgan fingerprint density at radius 3 is 2.85 bits per heavy atom. The van der Waals surface area contributed by atoms with E-state index in [1.54, 1.807) is 0 Å². The number of allylic oxidation sites excluding steroid dienone is 1. The molecule has 4 fully saturated rings. The van der Waals surface area contributed by atoms with Gasteiger partial charge in [-0.3, -0.25) is 4.84 Å². The average molecular weight is 458 g/mol. The Morgan fingerprint density at radius 1 is 1.21 bits per heavy atom. The van der Waals surface area contributed by atoms with Gasteiger partial charge in [0.1, 0.15) is 0 Å². The molecule has 8 atom stereocenters. The van der Waals surface area contributed by atoms with Crippen molar-refractivity contribution >= 4 is 11.8 Å². The van der Waals surface area contributed by atoms with Crippen LogP contribution in [0.15, 0.2) is 16.8 Å². The summed E-state index contributed by atoms with van der Waals surface area (Å²) in [5.74, 6) is 2.56. The van der Waals surface area contributed by atoms with E-state index in [9.17, 15) is 9.90 Å². The fourth-order valence-electron chi connectivity index (χ4n) is 8.67. The Bertz CT molecular complexity index is 819. The summed E-state index contributed by atoms with van der Waals surface area (Å²) in [6, 6.07) is 0.353. The monoisotopic (exact) mass is 457 g/mol. The second-order valence-electron chi connectivity index (χ2n) is 12.1. The van der Waals surface area contributed by atoms with Gasteiger partial charge < -0.3 is 15.7 Å². The Morgan fingerprint density at radius 2 is 2.06 bits per heavy atom. The molecule has 1 heterocycles. The molecular weight excluding hydrogens is 414 g/mol. The van der Waals surface area contributed by atoms with Gasteiger partial charge in [0.25, 0.3) is 0 Å². The zero-order chi connectivity index (χ0) is 23.2.